The Bertz CT molecular complexity index is 1270. The van der Waals surface area contributed by atoms with Crippen molar-refractivity contribution >= 4 is 22.4 Å². The number of nitrogen functional groups attached to an aromatic ring is 1. The Labute approximate surface area is 212 Å². The Morgan fingerprint density at radius 1 is 1.14 bits per heavy atom. The third kappa shape index (κ3) is 4.18. The highest BCUT2D eigenvalue weighted by Crippen LogP contribution is 2.38. The first-order chi connectivity index (χ1) is 17.5. The molecule has 0 spiro atoms. The van der Waals surface area contributed by atoms with Crippen LogP contribution < -0.4 is 15.4 Å². The van der Waals surface area contributed by atoms with Crippen molar-refractivity contribution in [1.29, 1.82) is 0 Å². The van der Waals surface area contributed by atoms with Crippen LogP contribution in [0, 0.1) is 13.8 Å². The predicted molar refractivity (Wildman–Crippen MR) is 140 cm³/mol. The first-order valence-electron chi connectivity index (χ1n) is 13.3. The number of hydrogen-bond donors (Lipinski definition) is 1. The van der Waals surface area contributed by atoms with Crippen LogP contribution in [0.5, 0.6) is 6.01 Å². The van der Waals surface area contributed by atoms with E-state index in [1.165, 1.54) is 35.0 Å². The molecule has 0 saturated carbocycles. The lowest BCUT2D eigenvalue weighted by atomic mass is 9.99. The molecule has 192 valence electrons. The van der Waals surface area contributed by atoms with E-state index in [0.717, 1.165) is 62.2 Å². The fourth-order valence-corrected chi connectivity index (χ4v) is 6.01. The third-order valence-corrected chi connectivity index (χ3v) is 8.29. The molecule has 3 aliphatic heterocycles. The average Bonchev–Trinajstić information content (AvgIpc) is 3.49. The Balaban J connectivity index is 1.30. The molecule has 3 aliphatic rings. The van der Waals surface area contributed by atoms with Crippen LogP contribution in [0.25, 0.3) is 10.9 Å². The maximum atomic E-state index is 6.38. The molecule has 2 saturated heterocycles. The molecule has 0 bridgehead atoms. The van der Waals surface area contributed by atoms with E-state index in [9.17, 15) is 0 Å². The van der Waals surface area contributed by atoms with Gasteiger partial charge < -0.3 is 25.0 Å². The second-order valence-electron chi connectivity index (χ2n) is 10.6. The summed E-state index contributed by atoms with van der Waals surface area (Å²) < 4.78 is 14.2. The molecule has 0 radical (unpaired) electrons. The van der Waals surface area contributed by atoms with Crippen LogP contribution in [0.15, 0.2) is 12.3 Å². The number of likely N-dealkylation sites (tertiary alicyclic amines) is 1. The molecule has 9 heteroatoms. The van der Waals surface area contributed by atoms with Crippen molar-refractivity contribution in [1.82, 2.24) is 24.6 Å². The molecule has 5 heterocycles. The summed E-state index contributed by atoms with van der Waals surface area (Å²) in [5.74, 6) is 0.544. The normalized spacial score (nSPS) is 22.8. The molecule has 2 atom stereocenters. The number of fused-ring (bicyclic) bond motifs is 2. The van der Waals surface area contributed by atoms with Crippen molar-refractivity contribution < 1.29 is 9.47 Å². The number of aromatic nitrogens is 4. The maximum absolute atomic E-state index is 6.38. The van der Waals surface area contributed by atoms with Gasteiger partial charge in [-0.05, 0) is 83.2 Å². The van der Waals surface area contributed by atoms with Gasteiger partial charge in [0, 0.05) is 30.1 Å². The van der Waals surface area contributed by atoms with Gasteiger partial charge in [0.15, 0.2) is 6.23 Å². The fourth-order valence-electron chi connectivity index (χ4n) is 6.01. The van der Waals surface area contributed by atoms with Gasteiger partial charge in [-0.1, -0.05) is 0 Å². The summed E-state index contributed by atoms with van der Waals surface area (Å²) in [5, 5.41) is 5.96. The zero-order valence-corrected chi connectivity index (χ0v) is 21.7. The van der Waals surface area contributed by atoms with Crippen molar-refractivity contribution in [2.45, 2.75) is 71.2 Å². The molecule has 0 amide bonds. The molecule has 6 rings (SSSR count). The fraction of sp³-hybridized carbons (Fsp3) is 0.593. The number of hydrogen-bond acceptors (Lipinski definition) is 8. The molecule has 9 nitrogen and oxygen atoms in total. The van der Waals surface area contributed by atoms with Gasteiger partial charge in [0.25, 0.3) is 0 Å². The van der Waals surface area contributed by atoms with Crippen LogP contribution in [-0.2, 0) is 17.7 Å². The highest BCUT2D eigenvalue weighted by molar-refractivity contribution is 5.95. The Morgan fingerprint density at radius 2 is 2.03 bits per heavy atom. The van der Waals surface area contributed by atoms with E-state index < -0.39 is 0 Å². The van der Waals surface area contributed by atoms with Crippen molar-refractivity contribution in [2.75, 3.05) is 44.0 Å². The van der Waals surface area contributed by atoms with Gasteiger partial charge >= 0.3 is 6.01 Å². The number of anilines is 2. The van der Waals surface area contributed by atoms with Gasteiger partial charge in [-0.2, -0.15) is 15.1 Å². The van der Waals surface area contributed by atoms with Gasteiger partial charge in [-0.15, -0.1) is 0 Å². The second kappa shape index (κ2) is 9.52. The van der Waals surface area contributed by atoms with E-state index in [-0.39, 0.29) is 6.23 Å². The Morgan fingerprint density at radius 3 is 2.81 bits per heavy atom. The first kappa shape index (κ1) is 23.5. The van der Waals surface area contributed by atoms with Gasteiger partial charge in [0.1, 0.15) is 12.4 Å². The van der Waals surface area contributed by atoms with Crippen LogP contribution in [0.1, 0.15) is 60.7 Å². The van der Waals surface area contributed by atoms with Gasteiger partial charge in [0.2, 0.25) is 0 Å². The van der Waals surface area contributed by atoms with Crippen LogP contribution in [0.2, 0.25) is 0 Å². The van der Waals surface area contributed by atoms with Crippen molar-refractivity contribution in [3.05, 3.63) is 34.6 Å². The van der Waals surface area contributed by atoms with Gasteiger partial charge in [0.05, 0.1) is 29.6 Å². The summed E-state index contributed by atoms with van der Waals surface area (Å²) in [6, 6.07) is 3.06. The zero-order valence-electron chi connectivity index (χ0n) is 21.7. The lowest BCUT2D eigenvalue weighted by molar-refractivity contribution is -0.0366. The smallest absolute Gasteiger partial charge is 0.318 e. The van der Waals surface area contributed by atoms with Crippen LogP contribution in [0.3, 0.4) is 0 Å². The minimum atomic E-state index is 0.0134. The number of nitrogens with zero attached hydrogens (tertiary/aromatic N) is 6. The summed E-state index contributed by atoms with van der Waals surface area (Å²) in [7, 11) is 2.15. The Kier molecular flexibility index (Phi) is 6.21. The number of aryl methyl sites for hydroxylation is 1. The first-order valence-corrected chi connectivity index (χ1v) is 13.3. The van der Waals surface area contributed by atoms with Crippen molar-refractivity contribution in [2.24, 2.45) is 0 Å². The molecule has 36 heavy (non-hydrogen) atoms. The average molecular weight is 492 g/mol. The summed E-state index contributed by atoms with van der Waals surface area (Å²) in [4.78, 5) is 14.1. The zero-order chi connectivity index (χ0) is 24.8. The van der Waals surface area contributed by atoms with E-state index in [0.29, 0.717) is 31.0 Å². The quantitative estimate of drug-likeness (QED) is 0.577. The maximum Gasteiger partial charge on any atom is 0.318 e. The molecule has 2 fully saturated rings. The van der Waals surface area contributed by atoms with Crippen LogP contribution >= 0.6 is 0 Å². The van der Waals surface area contributed by atoms with Crippen LogP contribution in [0.4, 0.5) is 11.5 Å². The summed E-state index contributed by atoms with van der Waals surface area (Å²) in [6.07, 6.45) is 8.49. The highest BCUT2D eigenvalue weighted by Gasteiger charge is 2.28. The van der Waals surface area contributed by atoms with E-state index >= 15 is 0 Å². The number of likely N-dealkylation sites (N-methyl/N-ethyl adjacent to an activating group) is 1. The van der Waals surface area contributed by atoms with E-state index in [2.05, 4.69) is 46.4 Å². The molecule has 1 unspecified atom stereocenters. The summed E-state index contributed by atoms with van der Waals surface area (Å²) in [5.41, 5.74) is 13.3. The lowest BCUT2D eigenvalue weighted by Gasteiger charge is -2.33. The number of benzene rings is 1. The monoisotopic (exact) mass is 491 g/mol. The molecule has 2 N–H and O–H groups in total. The third-order valence-electron chi connectivity index (χ3n) is 8.29. The molecule has 3 aromatic rings. The van der Waals surface area contributed by atoms with Crippen molar-refractivity contribution in [3.63, 3.8) is 0 Å². The summed E-state index contributed by atoms with van der Waals surface area (Å²) >= 11 is 0. The van der Waals surface area contributed by atoms with E-state index in [4.69, 9.17) is 25.3 Å². The summed E-state index contributed by atoms with van der Waals surface area (Å²) in [6.45, 7) is 8.43. The molecule has 2 aromatic heterocycles. The standard InChI is InChI=1S/C27H37N7O2/c1-17-13-23-21(14-29-34(23)24-8-4-5-12-35-24)25(18(17)2)33-11-9-20-22(15-33)30-27(31-26(20)28)36-16-19-7-6-10-32(19)3/h13-14,19,24H,4-12,15-16H2,1-3H3,(H2,28,30,31)/t19-,24?/m0/s1. The molecular formula is C27H37N7O2. The minimum absolute atomic E-state index is 0.0134. The SMILES string of the molecule is Cc1cc2c(cnn2C2CCCCO2)c(N2CCc3c(N)nc(OC[C@@H]4CCCN4C)nc3C2)c1C. The minimum Gasteiger partial charge on any atom is -0.462 e. The van der Waals surface area contributed by atoms with Crippen LogP contribution in [-0.4, -0.2) is 64.0 Å². The number of nitrogens with two attached hydrogens (primary N) is 1. The van der Waals surface area contributed by atoms with Gasteiger partial charge in [-0.25, -0.2) is 4.68 Å². The lowest BCUT2D eigenvalue weighted by Crippen LogP contribution is -2.33. The molecule has 0 aliphatic carbocycles. The van der Waals surface area contributed by atoms with Gasteiger partial charge in [-0.3, -0.25) is 0 Å². The van der Waals surface area contributed by atoms with E-state index in [1.54, 1.807) is 0 Å². The largest absolute Gasteiger partial charge is 0.462 e. The Hall–Kier alpha value is -2.91. The van der Waals surface area contributed by atoms with E-state index in [1.807, 2.05) is 6.20 Å². The second-order valence-corrected chi connectivity index (χ2v) is 10.6. The molecular weight excluding hydrogens is 454 g/mol. The predicted octanol–water partition coefficient (Wildman–Crippen LogP) is 3.76. The topological polar surface area (TPSA) is 94.6 Å². The molecule has 1 aromatic carbocycles. The number of rotatable bonds is 5. The number of ether oxygens (including phenoxy) is 2. The highest BCUT2D eigenvalue weighted by atomic mass is 16.5. The van der Waals surface area contributed by atoms with Crippen molar-refractivity contribution in [3.8, 4) is 6.01 Å².